The summed E-state index contributed by atoms with van der Waals surface area (Å²) in [6.07, 6.45) is 0. The summed E-state index contributed by atoms with van der Waals surface area (Å²) in [4.78, 5) is 17.6. The lowest BCUT2D eigenvalue weighted by Gasteiger charge is -2.33. The molecule has 1 aliphatic rings. The maximum atomic E-state index is 6.15. The largest absolute Gasteiger partial charge is 0.352 e. The molecule has 114 valence electrons. The number of aryl methyl sites for hydroxylation is 1. The van der Waals surface area contributed by atoms with Gasteiger partial charge in [-0.1, -0.05) is 11.6 Å². The Hall–Kier alpha value is -1.85. The van der Waals surface area contributed by atoms with Crippen molar-refractivity contribution in [2.24, 2.45) is 0 Å². The predicted octanol–water partition coefficient (Wildman–Crippen LogP) is 2.82. The summed E-state index contributed by atoms with van der Waals surface area (Å²) in [5.41, 5.74) is 2.91. The van der Waals surface area contributed by atoms with Crippen LogP contribution in [-0.4, -0.2) is 53.1 Å². The average molecular weight is 316 g/mol. The molecule has 0 radical (unpaired) electrons. The maximum Gasteiger partial charge on any atom is 0.155 e. The minimum Gasteiger partial charge on any atom is -0.352 e. The van der Waals surface area contributed by atoms with E-state index in [1.54, 1.807) is 0 Å². The van der Waals surface area contributed by atoms with E-state index in [9.17, 15) is 0 Å². The summed E-state index contributed by atoms with van der Waals surface area (Å²) in [7, 11) is 2.16. The van der Waals surface area contributed by atoms with E-state index in [4.69, 9.17) is 16.6 Å². The molecule has 1 aromatic carbocycles. The van der Waals surface area contributed by atoms with E-state index in [2.05, 4.69) is 26.8 Å². The molecule has 1 aliphatic heterocycles. The van der Waals surface area contributed by atoms with Gasteiger partial charge in [0.1, 0.15) is 16.9 Å². The van der Waals surface area contributed by atoms with Gasteiger partial charge >= 0.3 is 0 Å². The minimum atomic E-state index is 0.712. The zero-order valence-electron chi connectivity index (χ0n) is 12.7. The van der Waals surface area contributed by atoms with Crippen LogP contribution in [0, 0.1) is 6.92 Å². The molecule has 2 aromatic heterocycles. The first-order valence-electron chi connectivity index (χ1n) is 7.51. The number of halogens is 1. The number of imidazole rings is 1. The van der Waals surface area contributed by atoms with Crippen LogP contribution in [0.25, 0.3) is 21.9 Å². The molecule has 3 aromatic rings. The lowest BCUT2D eigenvalue weighted by atomic mass is 10.1. The topological polar surface area (TPSA) is 48.1 Å². The second-order valence-corrected chi connectivity index (χ2v) is 6.37. The van der Waals surface area contributed by atoms with Crippen LogP contribution in [0.1, 0.15) is 5.82 Å². The summed E-state index contributed by atoms with van der Waals surface area (Å²) in [5.74, 6) is 1.90. The Labute approximate surface area is 133 Å². The molecule has 6 heteroatoms. The number of likely N-dealkylation sites (N-methyl/N-ethyl adjacent to an activating group) is 1. The van der Waals surface area contributed by atoms with E-state index in [1.807, 2.05) is 25.1 Å². The molecule has 1 saturated heterocycles. The highest BCUT2D eigenvalue weighted by Crippen LogP contribution is 2.31. The predicted molar refractivity (Wildman–Crippen MR) is 90.9 cm³/mol. The van der Waals surface area contributed by atoms with E-state index < -0.39 is 0 Å². The molecule has 22 heavy (non-hydrogen) atoms. The Kier molecular flexibility index (Phi) is 3.20. The van der Waals surface area contributed by atoms with E-state index >= 15 is 0 Å². The lowest BCUT2D eigenvalue weighted by molar-refractivity contribution is 0.312. The molecule has 4 rings (SSSR count). The quantitative estimate of drug-likeness (QED) is 0.750. The van der Waals surface area contributed by atoms with Crippen molar-refractivity contribution in [1.82, 2.24) is 19.9 Å². The van der Waals surface area contributed by atoms with Crippen molar-refractivity contribution in [2.45, 2.75) is 6.92 Å². The summed E-state index contributed by atoms with van der Waals surface area (Å²) in [6, 6.07) is 5.80. The number of aromatic amines is 1. The SMILES string of the molecule is Cc1nc2c([nH]1)c(N1CCN(C)CC1)nc1ccc(Cl)cc12. The van der Waals surface area contributed by atoms with Gasteiger partial charge in [0.2, 0.25) is 0 Å². The van der Waals surface area contributed by atoms with Crippen LogP contribution in [0.15, 0.2) is 18.2 Å². The number of hydrogen-bond acceptors (Lipinski definition) is 4. The van der Waals surface area contributed by atoms with Crippen molar-refractivity contribution < 1.29 is 0 Å². The Morgan fingerprint density at radius 3 is 2.68 bits per heavy atom. The Bertz CT molecular complexity index is 848. The van der Waals surface area contributed by atoms with E-state index in [0.717, 1.165) is 59.8 Å². The number of pyridine rings is 1. The second kappa shape index (κ2) is 5.11. The van der Waals surface area contributed by atoms with Gasteiger partial charge in [-0.2, -0.15) is 0 Å². The lowest BCUT2D eigenvalue weighted by Crippen LogP contribution is -2.44. The van der Waals surface area contributed by atoms with Crippen molar-refractivity contribution in [3.05, 3.63) is 29.0 Å². The number of aromatic nitrogens is 3. The third-order valence-electron chi connectivity index (χ3n) is 4.29. The van der Waals surface area contributed by atoms with Gasteiger partial charge in [0, 0.05) is 36.6 Å². The third-order valence-corrected chi connectivity index (χ3v) is 4.52. The van der Waals surface area contributed by atoms with Crippen LogP contribution in [0.5, 0.6) is 0 Å². The number of nitrogens with one attached hydrogen (secondary N) is 1. The van der Waals surface area contributed by atoms with Crippen LogP contribution in [0.4, 0.5) is 5.82 Å². The first-order chi connectivity index (χ1) is 10.6. The number of benzene rings is 1. The normalized spacial score (nSPS) is 16.8. The van der Waals surface area contributed by atoms with Gasteiger partial charge in [0.05, 0.1) is 5.52 Å². The zero-order chi connectivity index (χ0) is 15.3. The number of rotatable bonds is 1. The van der Waals surface area contributed by atoms with E-state index in [-0.39, 0.29) is 0 Å². The van der Waals surface area contributed by atoms with Crippen LogP contribution >= 0.6 is 11.6 Å². The van der Waals surface area contributed by atoms with Gasteiger partial charge < -0.3 is 14.8 Å². The Morgan fingerprint density at radius 1 is 1.14 bits per heavy atom. The van der Waals surface area contributed by atoms with Crippen molar-refractivity contribution in [3.63, 3.8) is 0 Å². The average Bonchev–Trinajstić information content (AvgIpc) is 2.89. The highest BCUT2D eigenvalue weighted by Gasteiger charge is 2.20. The van der Waals surface area contributed by atoms with Gasteiger partial charge in [-0.05, 0) is 32.2 Å². The van der Waals surface area contributed by atoms with Crippen molar-refractivity contribution in [1.29, 1.82) is 0 Å². The molecular formula is C16H18ClN5. The van der Waals surface area contributed by atoms with Crippen molar-refractivity contribution in [3.8, 4) is 0 Å². The Balaban J connectivity index is 1.94. The zero-order valence-corrected chi connectivity index (χ0v) is 13.5. The number of piperazine rings is 1. The van der Waals surface area contributed by atoms with Crippen molar-refractivity contribution in [2.75, 3.05) is 38.1 Å². The fourth-order valence-corrected chi connectivity index (χ4v) is 3.23. The highest BCUT2D eigenvalue weighted by atomic mass is 35.5. The molecule has 0 saturated carbocycles. The summed E-state index contributed by atoms with van der Waals surface area (Å²) in [5, 5.41) is 1.72. The minimum absolute atomic E-state index is 0.712. The van der Waals surface area contributed by atoms with Gasteiger partial charge in [0.25, 0.3) is 0 Å². The standard InChI is InChI=1S/C16H18ClN5/c1-10-18-14-12-9-11(17)3-4-13(12)20-16(15(14)19-10)22-7-5-21(2)6-8-22/h3-4,9H,5-8H2,1-2H3,(H,18,19). The van der Waals surface area contributed by atoms with E-state index in [1.165, 1.54) is 0 Å². The summed E-state index contributed by atoms with van der Waals surface area (Å²) >= 11 is 6.15. The fraction of sp³-hybridized carbons (Fsp3) is 0.375. The summed E-state index contributed by atoms with van der Waals surface area (Å²) in [6.45, 7) is 6.04. The number of anilines is 1. The number of nitrogens with zero attached hydrogens (tertiary/aromatic N) is 4. The smallest absolute Gasteiger partial charge is 0.155 e. The molecule has 0 atom stereocenters. The number of H-pyrrole nitrogens is 1. The number of hydrogen-bond donors (Lipinski definition) is 1. The van der Waals surface area contributed by atoms with Crippen LogP contribution < -0.4 is 4.90 Å². The molecule has 0 spiro atoms. The molecule has 1 fully saturated rings. The maximum absolute atomic E-state index is 6.15. The Morgan fingerprint density at radius 2 is 1.91 bits per heavy atom. The van der Waals surface area contributed by atoms with Crippen LogP contribution in [-0.2, 0) is 0 Å². The van der Waals surface area contributed by atoms with Gasteiger partial charge in [-0.3, -0.25) is 0 Å². The molecule has 5 nitrogen and oxygen atoms in total. The first-order valence-corrected chi connectivity index (χ1v) is 7.89. The molecular weight excluding hydrogens is 298 g/mol. The molecule has 0 amide bonds. The van der Waals surface area contributed by atoms with E-state index in [0.29, 0.717) is 5.02 Å². The van der Waals surface area contributed by atoms with Gasteiger partial charge in [-0.25, -0.2) is 9.97 Å². The van der Waals surface area contributed by atoms with Gasteiger partial charge in [0.15, 0.2) is 5.82 Å². The first kappa shape index (κ1) is 13.8. The van der Waals surface area contributed by atoms with Crippen LogP contribution in [0.2, 0.25) is 5.02 Å². The molecule has 0 unspecified atom stereocenters. The highest BCUT2D eigenvalue weighted by molar-refractivity contribution is 6.31. The monoisotopic (exact) mass is 315 g/mol. The number of fused-ring (bicyclic) bond motifs is 3. The molecule has 1 N–H and O–H groups in total. The fourth-order valence-electron chi connectivity index (χ4n) is 3.06. The molecule has 3 heterocycles. The van der Waals surface area contributed by atoms with Crippen molar-refractivity contribution >= 4 is 39.4 Å². The molecule has 0 aliphatic carbocycles. The third kappa shape index (κ3) is 2.21. The van der Waals surface area contributed by atoms with Gasteiger partial charge in [-0.15, -0.1) is 0 Å². The second-order valence-electron chi connectivity index (χ2n) is 5.93. The van der Waals surface area contributed by atoms with Crippen LogP contribution in [0.3, 0.4) is 0 Å². The molecule has 0 bridgehead atoms. The summed E-state index contributed by atoms with van der Waals surface area (Å²) < 4.78 is 0.